The summed E-state index contributed by atoms with van der Waals surface area (Å²) in [5.74, 6) is -1.61. The number of rotatable bonds is 1. The zero-order valence-corrected chi connectivity index (χ0v) is 16.9. The third-order valence-corrected chi connectivity index (χ3v) is 5.89. The molecule has 2 aliphatic heterocycles. The first kappa shape index (κ1) is 18.8. The van der Waals surface area contributed by atoms with Crippen LogP contribution in [0.15, 0.2) is 69.1 Å². The first-order chi connectivity index (χ1) is 13.4. The van der Waals surface area contributed by atoms with Gasteiger partial charge in [0.1, 0.15) is 11.6 Å². The van der Waals surface area contributed by atoms with E-state index in [-0.39, 0.29) is 23.6 Å². The summed E-state index contributed by atoms with van der Waals surface area (Å²) in [6, 6.07) is 7.06. The number of carbonyl (C=O) groups is 1. The van der Waals surface area contributed by atoms with Gasteiger partial charge in [0.05, 0.1) is 34.2 Å². The van der Waals surface area contributed by atoms with Gasteiger partial charge >= 0.3 is 0 Å². The van der Waals surface area contributed by atoms with Gasteiger partial charge in [0, 0.05) is 27.9 Å². The molecule has 2 aliphatic rings. The number of aliphatic imine (C=N–C) groups is 1. The van der Waals surface area contributed by atoms with Gasteiger partial charge in [-0.15, -0.1) is 0 Å². The van der Waals surface area contributed by atoms with Crippen LogP contribution in [0.3, 0.4) is 0 Å². The molecular weight excluding hydrogens is 450 g/mol. The molecule has 3 nitrogen and oxygen atoms in total. The first-order valence-corrected chi connectivity index (χ1v) is 9.51. The molecule has 2 aromatic rings. The molecule has 0 bridgehead atoms. The van der Waals surface area contributed by atoms with Gasteiger partial charge in [-0.3, -0.25) is 9.79 Å². The lowest BCUT2D eigenvalue weighted by molar-refractivity contribution is -0.111. The zero-order chi connectivity index (χ0) is 20.0. The molecule has 0 radical (unpaired) electrons. The quantitative estimate of drug-likeness (QED) is 0.521. The summed E-state index contributed by atoms with van der Waals surface area (Å²) in [7, 11) is 0. The van der Waals surface area contributed by atoms with Crippen LogP contribution in [0.5, 0.6) is 0 Å². The highest BCUT2D eigenvalue weighted by atomic mass is 79.9. The van der Waals surface area contributed by atoms with Gasteiger partial charge in [-0.2, -0.15) is 0 Å². The molecule has 0 aliphatic carbocycles. The number of hydrogen-bond donors (Lipinski definition) is 0. The lowest BCUT2D eigenvalue weighted by atomic mass is 9.99. The molecule has 7 heteroatoms. The lowest BCUT2D eigenvalue weighted by Gasteiger charge is -2.22. The molecule has 140 valence electrons. The molecule has 28 heavy (non-hydrogen) atoms. The van der Waals surface area contributed by atoms with Crippen molar-refractivity contribution in [2.45, 2.75) is 6.92 Å². The summed E-state index contributed by atoms with van der Waals surface area (Å²) in [6.07, 6.45) is 3.03. The molecular formula is C21H12BrClF2N2O. The molecule has 0 aromatic heterocycles. The van der Waals surface area contributed by atoms with Gasteiger partial charge in [0.15, 0.2) is 5.78 Å². The number of hydrogen-bond acceptors (Lipinski definition) is 3. The van der Waals surface area contributed by atoms with Crippen molar-refractivity contribution in [2.24, 2.45) is 4.99 Å². The van der Waals surface area contributed by atoms with Crippen molar-refractivity contribution in [1.29, 1.82) is 0 Å². The molecule has 0 saturated carbocycles. The van der Waals surface area contributed by atoms with Crippen molar-refractivity contribution >= 4 is 44.7 Å². The van der Waals surface area contributed by atoms with E-state index in [0.29, 0.717) is 32.0 Å². The highest BCUT2D eigenvalue weighted by Crippen LogP contribution is 2.40. The van der Waals surface area contributed by atoms with E-state index in [9.17, 15) is 13.6 Å². The van der Waals surface area contributed by atoms with Crippen LogP contribution in [-0.2, 0) is 4.79 Å². The molecule has 2 heterocycles. The lowest BCUT2D eigenvalue weighted by Crippen LogP contribution is -2.17. The zero-order valence-electron chi connectivity index (χ0n) is 14.6. The van der Waals surface area contributed by atoms with E-state index in [1.165, 1.54) is 24.3 Å². The highest BCUT2D eigenvalue weighted by molar-refractivity contribution is 9.10. The summed E-state index contributed by atoms with van der Waals surface area (Å²) >= 11 is 9.72. The molecule has 0 amide bonds. The Morgan fingerprint density at radius 1 is 1.18 bits per heavy atom. The Morgan fingerprint density at radius 3 is 2.61 bits per heavy atom. The van der Waals surface area contributed by atoms with Crippen LogP contribution in [0, 0.1) is 11.6 Å². The smallest absolute Gasteiger partial charge is 0.190 e. The van der Waals surface area contributed by atoms with Crippen LogP contribution in [-0.4, -0.2) is 18.0 Å². The number of nitrogens with zero attached hydrogens (tertiary/aromatic N) is 2. The van der Waals surface area contributed by atoms with E-state index in [4.69, 9.17) is 11.6 Å². The fourth-order valence-corrected chi connectivity index (χ4v) is 3.84. The summed E-state index contributed by atoms with van der Waals surface area (Å²) in [5.41, 5.74) is 4.99. The van der Waals surface area contributed by atoms with E-state index in [0.717, 1.165) is 0 Å². The van der Waals surface area contributed by atoms with Crippen LogP contribution >= 0.6 is 27.5 Å². The van der Waals surface area contributed by atoms with Gasteiger partial charge in [0.25, 0.3) is 0 Å². The van der Waals surface area contributed by atoms with Crippen molar-refractivity contribution in [3.63, 3.8) is 0 Å². The minimum absolute atomic E-state index is 0.0802. The summed E-state index contributed by atoms with van der Waals surface area (Å²) in [5, 5.41) is 0.372. The SMILES string of the molecule is CC1=C=C2CN=C(c3c(F)cccc3F)c3c(ccc(Cl)c3Br)N2C=CC1=O. The molecule has 2 aromatic carbocycles. The van der Waals surface area contributed by atoms with E-state index in [1.54, 1.807) is 30.2 Å². The Bertz CT molecular complexity index is 1140. The third kappa shape index (κ3) is 3.04. The number of benzene rings is 2. The van der Waals surface area contributed by atoms with Crippen molar-refractivity contribution in [3.8, 4) is 0 Å². The van der Waals surface area contributed by atoms with Crippen LogP contribution in [0.2, 0.25) is 5.02 Å². The van der Waals surface area contributed by atoms with Gasteiger partial charge in [0.2, 0.25) is 0 Å². The fraction of sp³-hybridized carbons (Fsp3) is 0.0952. The average molecular weight is 462 g/mol. The number of anilines is 1. The molecule has 0 saturated heterocycles. The van der Waals surface area contributed by atoms with E-state index >= 15 is 0 Å². The molecule has 0 unspecified atom stereocenters. The third-order valence-electron chi connectivity index (χ3n) is 4.52. The van der Waals surface area contributed by atoms with Crippen LogP contribution in [0.1, 0.15) is 18.1 Å². The second-order valence-electron chi connectivity index (χ2n) is 6.26. The normalized spacial score (nSPS) is 15.8. The number of halogens is 4. The molecule has 0 atom stereocenters. The highest BCUT2D eigenvalue weighted by Gasteiger charge is 2.29. The second kappa shape index (κ2) is 7.13. The predicted molar refractivity (Wildman–Crippen MR) is 109 cm³/mol. The predicted octanol–water partition coefficient (Wildman–Crippen LogP) is 5.56. The summed E-state index contributed by atoms with van der Waals surface area (Å²) in [6.45, 7) is 1.74. The first-order valence-electron chi connectivity index (χ1n) is 8.34. The minimum atomic E-state index is -0.722. The maximum absolute atomic E-state index is 14.6. The van der Waals surface area contributed by atoms with Gasteiger partial charge < -0.3 is 4.90 Å². The topological polar surface area (TPSA) is 32.7 Å². The largest absolute Gasteiger partial charge is 0.311 e. The van der Waals surface area contributed by atoms with Crippen molar-refractivity contribution in [3.05, 3.63) is 91.9 Å². The van der Waals surface area contributed by atoms with E-state index < -0.39 is 11.6 Å². The molecule has 4 rings (SSSR count). The van der Waals surface area contributed by atoms with E-state index in [1.807, 2.05) is 0 Å². The standard InChI is InChI=1S/C21H12BrClF2N2O/c1-11-9-12-10-26-21(18-14(24)3-2-4-15(18)25)19-16(6-5-13(23)20(19)22)27(12)8-7-17(11)28/h2-8H,10H2,1H3. The van der Waals surface area contributed by atoms with Gasteiger partial charge in [-0.05, 0) is 47.1 Å². The maximum atomic E-state index is 14.6. The number of ketones is 1. The maximum Gasteiger partial charge on any atom is 0.190 e. The van der Waals surface area contributed by atoms with Crippen molar-refractivity contribution in [1.82, 2.24) is 0 Å². The summed E-state index contributed by atoms with van der Waals surface area (Å²) in [4.78, 5) is 18.3. The second-order valence-corrected chi connectivity index (χ2v) is 7.46. The Kier molecular flexibility index (Phi) is 4.79. The monoisotopic (exact) mass is 460 g/mol. The Hall–Kier alpha value is -2.53. The van der Waals surface area contributed by atoms with Crippen molar-refractivity contribution in [2.75, 3.05) is 11.4 Å². The van der Waals surface area contributed by atoms with Gasteiger partial charge in [-0.1, -0.05) is 23.4 Å². The number of carbonyl (C=O) groups excluding carboxylic acids is 1. The fourth-order valence-electron chi connectivity index (χ4n) is 3.16. The number of fused-ring (bicyclic) bond motifs is 3. The van der Waals surface area contributed by atoms with Crippen LogP contribution in [0.4, 0.5) is 14.5 Å². The van der Waals surface area contributed by atoms with Crippen molar-refractivity contribution < 1.29 is 13.6 Å². The molecule has 0 N–H and O–H groups in total. The van der Waals surface area contributed by atoms with Crippen LogP contribution in [0.25, 0.3) is 0 Å². The summed E-state index contributed by atoms with van der Waals surface area (Å²) < 4.78 is 29.6. The Balaban J connectivity index is 2.09. The average Bonchev–Trinajstić information content (AvgIpc) is 2.89. The van der Waals surface area contributed by atoms with E-state index in [2.05, 4.69) is 26.7 Å². The Labute approximate surface area is 173 Å². The molecule has 0 fully saturated rings. The molecule has 0 spiro atoms. The minimum Gasteiger partial charge on any atom is -0.311 e. The van der Waals surface area contributed by atoms with Gasteiger partial charge in [-0.25, -0.2) is 8.78 Å². The Morgan fingerprint density at radius 2 is 1.89 bits per heavy atom. The number of allylic oxidation sites excluding steroid dienone is 1. The van der Waals surface area contributed by atoms with Crippen LogP contribution < -0.4 is 4.90 Å².